The van der Waals surface area contributed by atoms with Crippen LogP contribution in [-0.2, 0) is 11.3 Å². The number of hydrogen-bond acceptors (Lipinski definition) is 3. The van der Waals surface area contributed by atoms with Gasteiger partial charge in [-0.1, -0.05) is 26.0 Å². The lowest BCUT2D eigenvalue weighted by molar-refractivity contribution is 0.0676. The van der Waals surface area contributed by atoms with Crippen molar-refractivity contribution in [3.8, 4) is 5.75 Å². The molecule has 0 saturated carbocycles. The number of halogens is 1. The molecule has 1 unspecified atom stereocenters. The summed E-state index contributed by atoms with van der Waals surface area (Å²) in [5, 5.41) is 6.68. The molecule has 0 spiro atoms. The minimum absolute atomic E-state index is 0. The second kappa shape index (κ2) is 11.6. The Labute approximate surface area is 169 Å². The molecular formula is C19H32IN3O2. The molecule has 6 heteroatoms. The van der Waals surface area contributed by atoms with Crippen LogP contribution in [0.5, 0.6) is 5.75 Å². The highest BCUT2D eigenvalue weighted by atomic mass is 127. The first-order valence-electron chi connectivity index (χ1n) is 8.87. The van der Waals surface area contributed by atoms with Crippen LogP contribution in [0.3, 0.4) is 0 Å². The second-order valence-corrected chi connectivity index (χ2v) is 6.76. The van der Waals surface area contributed by atoms with Crippen molar-refractivity contribution in [2.75, 3.05) is 26.8 Å². The summed E-state index contributed by atoms with van der Waals surface area (Å²) in [6.45, 7) is 9.49. The van der Waals surface area contributed by atoms with Gasteiger partial charge in [-0.05, 0) is 37.3 Å². The normalized spacial score (nSPS) is 17.3. The number of benzene rings is 1. The molecule has 1 aliphatic heterocycles. The Morgan fingerprint density at radius 2 is 2.16 bits per heavy atom. The molecule has 0 aromatic heterocycles. The van der Waals surface area contributed by atoms with Gasteiger partial charge in [-0.25, -0.2) is 0 Å². The summed E-state index contributed by atoms with van der Waals surface area (Å²) < 4.78 is 11.7. The van der Waals surface area contributed by atoms with Gasteiger partial charge >= 0.3 is 0 Å². The van der Waals surface area contributed by atoms with E-state index >= 15 is 0 Å². The predicted molar refractivity (Wildman–Crippen MR) is 114 cm³/mol. The van der Waals surface area contributed by atoms with Gasteiger partial charge in [0.25, 0.3) is 0 Å². The van der Waals surface area contributed by atoms with E-state index in [0.717, 1.165) is 43.3 Å². The van der Waals surface area contributed by atoms with E-state index in [4.69, 9.17) is 9.47 Å². The third-order valence-corrected chi connectivity index (χ3v) is 4.02. The van der Waals surface area contributed by atoms with Gasteiger partial charge in [0.05, 0.1) is 6.10 Å². The van der Waals surface area contributed by atoms with E-state index in [-0.39, 0.29) is 30.1 Å². The number of hydrogen-bond donors (Lipinski definition) is 2. The topological polar surface area (TPSA) is 54.9 Å². The number of nitrogens with one attached hydrogen (secondary N) is 2. The average molecular weight is 461 g/mol. The number of guanidine groups is 1. The first kappa shape index (κ1) is 22.0. The second-order valence-electron chi connectivity index (χ2n) is 6.76. The lowest BCUT2D eigenvalue weighted by atomic mass is 10.1. The molecule has 1 saturated heterocycles. The van der Waals surface area contributed by atoms with Gasteiger partial charge in [0.2, 0.25) is 0 Å². The molecule has 142 valence electrons. The Hall–Kier alpha value is -1.02. The van der Waals surface area contributed by atoms with Crippen molar-refractivity contribution in [1.29, 1.82) is 0 Å². The van der Waals surface area contributed by atoms with E-state index in [1.165, 1.54) is 5.56 Å². The highest BCUT2D eigenvalue weighted by Crippen LogP contribution is 2.22. The summed E-state index contributed by atoms with van der Waals surface area (Å²) >= 11 is 0. The highest BCUT2D eigenvalue weighted by molar-refractivity contribution is 14.0. The molecule has 0 bridgehead atoms. The van der Waals surface area contributed by atoms with Crippen molar-refractivity contribution in [1.82, 2.24) is 10.6 Å². The fourth-order valence-corrected chi connectivity index (χ4v) is 2.60. The minimum atomic E-state index is 0. The maximum Gasteiger partial charge on any atom is 0.191 e. The Morgan fingerprint density at radius 3 is 2.80 bits per heavy atom. The molecule has 0 aliphatic carbocycles. The van der Waals surface area contributed by atoms with E-state index in [9.17, 15) is 0 Å². The van der Waals surface area contributed by atoms with E-state index in [1.54, 1.807) is 7.05 Å². The van der Waals surface area contributed by atoms with Crippen LogP contribution in [0.4, 0.5) is 0 Å². The van der Waals surface area contributed by atoms with Crippen molar-refractivity contribution in [2.24, 2.45) is 10.9 Å². The Morgan fingerprint density at radius 1 is 1.36 bits per heavy atom. The fraction of sp³-hybridized carbons (Fsp3) is 0.632. The van der Waals surface area contributed by atoms with Gasteiger partial charge < -0.3 is 20.1 Å². The summed E-state index contributed by atoms with van der Waals surface area (Å²) in [7, 11) is 1.79. The third-order valence-electron chi connectivity index (χ3n) is 4.02. The number of rotatable bonds is 7. The lowest BCUT2D eigenvalue weighted by Crippen LogP contribution is -2.38. The van der Waals surface area contributed by atoms with E-state index in [0.29, 0.717) is 19.1 Å². The maximum atomic E-state index is 6.04. The summed E-state index contributed by atoms with van der Waals surface area (Å²) in [5.41, 5.74) is 2.33. The Balaban J connectivity index is 0.00000312. The zero-order valence-corrected chi connectivity index (χ0v) is 18.1. The molecule has 1 aliphatic rings. The Kier molecular flexibility index (Phi) is 10.2. The van der Waals surface area contributed by atoms with Crippen molar-refractivity contribution < 1.29 is 9.47 Å². The van der Waals surface area contributed by atoms with Crippen LogP contribution in [-0.4, -0.2) is 38.9 Å². The number of aliphatic imine (C=N–C) groups is 1. The van der Waals surface area contributed by atoms with Crippen molar-refractivity contribution in [3.63, 3.8) is 0 Å². The van der Waals surface area contributed by atoms with Gasteiger partial charge in [-0.2, -0.15) is 0 Å². The average Bonchev–Trinajstić information content (AvgIpc) is 3.07. The number of nitrogens with zero attached hydrogens (tertiary/aromatic N) is 1. The van der Waals surface area contributed by atoms with Crippen LogP contribution >= 0.6 is 24.0 Å². The zero-order valence-electron chi connectivity index (χ0n) is 15.8. The molecule has 0 amide bonds. The predicted octanol–water partition coefficient (Wildman–Crippen LogP) is 3.49. The van der Waals surface area contributed by atoms with Crippen LogP contribution in [0.25, 0.3) is 0 Å². The smallest absolute Gasteiger partial charge is 0.191 e. The monoisotopic (exact) mass is 461 g/mol. The van der Waals surface area contributed by atoms with Crippen molar-refractivity contribution >= 4 is 29.9 Å². The molecule has 1 fully saturated rings. The Bertz CT molecular complexity index is 543. The van der Waals surface area contributed by atoms with Gasteiger partial charge in [-0.3, -0.25) is 4.99 Å². The molecule has 1 aromatic carbocycles. The maximum absolute atomic E-state index is 6.04. The van der Waals surface area contributed by atoms with Crippen LogP contribution in [0.2, 0.25) is 0 Å². The molecule has 5 nitrogen and oxygen atoms in total. The quantitative estimate of drug-likeness (QED) is 0.371. The van der Waals surface area contributed by atoms with Gasteiger partial charge in [-0.15, -0.1) is 24.0 Å². The summed E-state index contributed by atoms with van der Waals surface area (Å²) in [5.74, 6) is 2.32. The summed E-state index contributed by atoms with van der Waals surface area (Å²) in [4.78, 5) is 4.26. The van der Waals surface area contributed by atoms with Gasteiger partial charge in [0.15, 0.2) is 5.96 Å². The van der Waals surface area contributed by atoms with E-state index in [1.807, 2.05) is 0 Å². The van der Waals surface area contributed by atoms with Crippen molar-refractivity contribution in [2.45, 2.75) is 46.3 Å². The SMILES string of the molecule is CN=C(NCc1ccc(C)cc1OCC1CCCO1)NCC(C)C.I. The van der Waals surface area contributed by atoms with Crippen molar-refractivity contribution in [3.05, 3.63) is 29.3 Å². The standard InChI is InChI=1S/C19H31N3O2.HI/c1-14(2)11-21-19(20-4)22-12-16-8-7-15(3)10-18(16)24-13-17-6-5-9-23-17;/h7-8,10,14,17H,5-6,9,11-13H2,1-4H3,(H2,20,21,22);1H. The minimum Gasteiger partial charge on any atom is -0.491 e. The van der Waals surface area contributed by atoms with Gasteiger partial charge in [0.1, 0.15) is 12.4 Å². The van der Waals surface area contributed by atoms with E-state index < -0.39 is 0 Å². The third kappa shape index (κ3) is 7.81. The van der Waals surface area contributed by atoms with Crippen LogP contribution in [0, 0.1) is 12.8 Å². The zero-order chi connectivity index (χ0) is 17.4. The number of ether oxygens (including phenoxy) is 2. The fourth-order valence-electron chi connectivity index (χ4n) is 2.60. The van der Waals surface area contributed by atoms with Crippen LogP contribution in [0.15, 0.2) is 23.2 Å². The van der Waals surface area contributed by atoms with E-state index in [2.05, 4.69) is 54.6 Å². The van der Waals surface area contributed by atoms with Crippen LogP contribution in [0.1, 0.15) is 37.8 Å². The lowest BCUT2D eigenvalue weighted by Gasteiger charge is -2.17. The summed E-state index contributed by atoms with van der Waals surface area (Å²) in [6, 6.07) is 6.32. The number of aryl methyl sites for hydroxylation is 1. The first-order chi connectivity index (χ1) is 11.6. The molecule has 1 aromatic rings. The molecule has 2 rings (SSSR count). The molecular weight excluding hydrogens is 429 g/mol. The summed E-state index contributed by atoms with van der Waals surface area (Å²) in [6.07, 6.45) is 2.45. The first-order valence-corrected chi connectivity index (χ1v) is 8.87. The molecule has 2 N–H and O–H groups in total. The van der Waals surface area contributed by atoms with Gasteiger partial charge in [0, 0.05) is 32.3 Å². The van der Waals surface area contributed by atoms with Crippen LogP contribution < -0.4 is 15.4 Å². The molecule has 25 heavy (non-hydrogen) atoms. The molecule has 1 heterocycles. The molecule has 1 atom stereocenters. The largest absolute Gasteiger partial charge is 0.491 e. The highest BCUT2D eigenvalue weighted by Gasteiger charge is 2.17. The molecule has 0 radical (unpaired) electrons.